The zero-order valence-corrected chi connectivity index (χ0v) is 16.9. The Balaban J connectivity index is 2.08. The molecule has 2 atom stereocenters. The van der Waals surface area contributed by atoms with Gasteiger partial charge in [0.1, 0.15) is 16.8 Å². The Labute approximate surface area is 163 Å². The van der Waals surface area contributed by atoms with Crippen molar-refractivity contribution >= 4 is 28.3 Å². The molecule has 1 heterocycles. The van der Waals surface area contributed by atoms with E-state index in [1.165, 1.54) is 11.3 Å². The highest BCUT2D eigenvalue weighted by Crippen LogP contribution is 2.28. The monoisotopic (exact) mass is 390 g/mol. The molecule has 0 fully saturated rings. The van der Waals surface area contributed by atoms with Gasteiger partial charge in [0.25, 0.3) is 0 Å². The highest BCUT2D eigenvalue weighted by molar-refractivity contribution is 7.18. The molecule has 0 aliphatic carbocycles. The lowest BCUT2D eigenvalue weighted by molar-refractivity contribution is -0.127. The number of carbonyl (C=O) groups excluding carboxylic acids is 2. The molecule has 0 radical (unpaired) electrons. The number of nitrogens with one attached hydrogen (secondary N) is 2. The maximum atomic E-state index is 12.7. The highest BCUT2D eigenvalue weighted by atomic mass is 32.1. The van der Waals surface area contributed by atoms with Crippen LogP contribution in [0.3, 0.4) is 0 Å². The summed E-state index contributed by atoms with van der Waals surface area (Å²) in [6.07, 6.45) is 1.92. The number of nitrogens with zero attached hydrogens (tertiary/aromatic N) is 2. The summed E-state index contributed by atoms with van der Waals surface area (Å²) in [5.74, 6) is 0.385. The first-order valence-corrected chi connectivity index (χ1v) is 9.88. The van der Waals surface area contributed by atoms with Crippen molar-refractivity contribution in [1.29, 1.82) is 0 Å². The van der Waals surface area contributed by atoms with Gasteiger partial charge in [0.15, 0.2) is 0 Å². The number of rotatable bonds is 9. The molecular formula is C19H26N4O3S. The molecule has 0 spiro atoms. The van der Waals surface area contributed by atoms with Crippen molar-refractivity contribution in [1.82, 2.24) is 15.5 Å². The summed E-state index contributed by atoms with van der Waals surface area (Å²) in [7, 11) is 1.61. The minimum absolute atomic E-state index is 0.0137. The van der Waals surface area contributed by atoms with Crippen LogP contribution < -0.4 is 15.4 Å². The van der Waals surface area contributed by atoms with Gasteiger partial charge in [-0.1, -0.05) is 38.5 Å². The first kappa shape index (κ1) is 20.8. The van der Waals surface area contributed by atoms with Crippen molar-refractivity contribution in [2.45, 2.75) is 46.1 Å². The second-order valence-corrected chi connectivity index (χ2v) is 7.29. The Kier molecular flexibility index (Phi) is 7.72. The molecule has 2 N–H and O–H groups in total. The van der Waals surface area contributed by atoms with Crippen LogP contribution >= 0.6 is 11.3 Å². The van der Waals surface area contributed by atoms with Gasteiger partial charge in [0.2, 0.25) is 16.9 Å². The Hall–Kier alpha value is -2.48. The van der Waals surface area contributed by atoms with Crippen molar-refractivity contribution < 1.29 is 14.3 Å². The number of aromatic nitrogens is 2. The molecule has 1 aromatic carbocycles. The van der Waals surface area contributed by atoms with Crippen molar-refractivity contribution in [2.24, 2.45) is 5.92 Å². The number of anilines is 1. The van der Waals surface area contributed by atoms with Crippen LogP contribution in [0.2, 0.25) is 0 Å². The van der Waals surface area contributed by atoms with E-state index in [0.717, 1.165) is 24.2 Å². The van der Waals surface area contributed by atoms with Crippen LogP contribution in [0.5, 0.6) is 5.75 Å². The first-order valence-electron chi connectivity index (χ1n) is 9.06. The van der Waals surface area contributed by atoms with Crippen LogP contribution in [-0.4, -0.2) is 35.2 Å². The van der Waals surface area contributed by atoms with E-state index < -0.39 is 6.04 Å². The second kappa shape index (κ2) is 10.0. The average Bonchev–Trinajstić information content (AvgIpc) is 3.14. The summed E-state index contributed by atoms with van der Waals surface area (Å²) in [5, 5.41) is 14.9. The minimum Gasteiger partial charge on any atom is -0.497 e. The van der Waals surface area contributed by atoms with Crippen molar-refractivity contribution in [3.63, 3.8) is 0 Å². The number of amides is 2. The number of hydrogen-bond donors (Lipinski definition) is 2. The Morgan fingerprint density at radius 3 is 2.48 bits per heavy atom. The van der Waals surface area contributed by atoms with Crippen LogP contribution in [0.15, 0.2) is 24.3 Å². The first-order chi connectivity index (χ1) is 13.0. The van der Waals surface area contributed by atoms with Crippen LogP contribution in [-0.2, 0) is 9.59 Å². The zero-order chi connectivity index (χ0) is 19.8. The summed E-state index contributed by atoms with van der Waals surface area (Å²) >= 11 is 1.29. The van der Waals surface area contributed by atoms with Crippen molar-refractivity contribution in [3.8, 4) is 16.3 Å². The number of carbonyl (C=O) groups is 2. The minimum atomic E-state index is -0.595. The Morgan fingerprint density at radius 1 is 1.19 bits per heavy atom. The predicted octanol–water partition coefficient (Wildman–Crippen LogP) is 3.48. The molecular weight excluding hydrogens is 364 g/mol. The lowest BCUT2D eigenvalue weighted by Gasteiger charge is -2.22. The van der Waals surface area contributed by atoms with E-state index in [2.05, 4.69) is 20.8 Å². The van der Waals surface area contributed by atoms with Gasteiger partial charge in [-0.25, -0.2) is 0 Å². The maximum absolute atomic E-state index is 12.7. The average molecular weight is 391 g/mol. The molecule has 2 amide bonds. The van der Waals surface area contributed by atoms with Gasteiger partial charge < -0.3 is 10.1 Å². The summed E-state index contributed by atoms with van der Waals surface area (Å²) in [6.45, 7) is 5.86. The number of hydrogen-bond acceptors (Lipinski definition) is 6. The standard InChI is InChI=1S/C19H26N4O3S/c1-5-7-15(24)20-16(12(3)6-2)17(25)21-19-23-22-18(27-19)13-8-10-14(26-4)11-9-13/h8-12,16H,5-7H2,1-4H3,(H,20,24)(H,21,23,25)/t12-,16+/m0/s1. The van der Waals surface area contributed by atoms with E-state index in [9.17, 15) is 9.59 Å². The van der Waals surface area contributed by atoms with Crippen LogP contribution in [0.1, 0.15) is 40.0 Å². The normalized spacial score (nSPS) is 12.9. The quantitative estimate of drug-likeness (QED) is 0.684. The molecule has 0 saturated heterocycles. The SMILES string of the molecule is CCCC(=O)N[C@@H](C(=O)Nc1nnc(-c2ccc(OC)cc2)s1)[C@@H](C)CC. The fraction of sp³-hybridized carbons (Fsp3) is 0.474. The van der Waals surface area contributed by atoms with Gasteiger partial charge in [-0.3, -0.25) is 14.9 Å². The van der Waals surface area contributed by atoms with Gasteiger partial charge in [0, 0.05) is 12.0 Å². The largest absolute Gasteiger partial charge is 0.497 e. The van der Waals surface area contributed by atoms with E-state index in [0.29, 0.717) is 16.6 Å². The second-order valence-electron chi connectivity index (χ2n) is 6.31. The van der Waals surface area contributed by atoms with Crippen molar-refractivity contribution in [2.75, 3.05) is 12.4 Å². The maximum Gasteiger partial charge on any atom is 0.249 e. The molecule has 0 aliphatic rings. The van der Waals surface area contributed by atoms with Gasteiger partial charge in [0.05, 0.1) is 7.11 Å². The van der Waals surface area contributed by atoms with Gasteiger partial charge in [-0.05, 0) is 36.6 Å². The summed E-state index contributed by atoms with van der Waals surface area (Å²) in [5.41, 5.74) is 0.892. The van der Waals surface area contributed by atoms with E-state index in [-0.39, 0.29) is 17.7 Å². The molecule has 0 saturated carbocycles. The molecule has 0 bridgehead atoms. The van der Waals surface area contributed by atoms with Crippen LogP contribution in [0.25, 0.3) is 10.6 Å². The third kappa shape index (κ3) is 5.75. The molecule has 0 aliphatic heterocycles. The Morgan fingerprint density at radius 2 is 1.89 bits per heavy atom. The molecule has 7 nitrogen and oxygen atoms in total. The number of benzene rings is 1. The third-order valence-corrected chi connectivity index (χ3v) is 5.17. The van der Waals surface area contributed by atoms with Gasteiger partial charge >= 0.3 is 0 Å². The molecule has 0 unspecified atom stereocenters. The topological polar surface area (TPSA) is 93.2 Å². The summed E-state index contributed by atoms with van der Waals surface area (Å²) < 4.78 is 5.15. The summed E-state index contributed by atoms with van der Waals surface area (Å²) in [4.78, 5) is 24.6. The molecule has 146 valence electrons. The van der Waals surface area contributed by atoms with E-state index in [4.69, 9.17) is 4.74 Å². The molecule has 2 rings (SSSR count). The lowest BCUT2D eigenvalue weighted by atomic mass is 9.98. The Bertz CT molecular complexity index is 761. The lowest BCUT2D eigenvalue weighted by Crippen LogP contribution is -2.47. The van der Waals surface area contributed by atoms with E-state index >= 15 is 0 Å². The van der Waals surface area contributed by atoms with Gasteiger partial charge in [-0.15, -0.1) is 10.2 Å². The number of methoxy groups -OCH3 is 1. The number of ether oxygens (including phenoxy) is 1. The van der Waals surface area contributed by atoms with E-state index in [1.54, 1.807) is 7.11 Å². The molecule has 8 heteroatoms. The highest BCUT2D eigenvalue weighted by Gasteiger charge is 2.26. The fourth-order valence-electron chi connectivity index (χ4n) is 2.48. The summed E-state index contributed by atoms with van der Waals surface area (Å²) in [6, 6.07) is 6.87. The van der Waals surface area contributed by atoms with Gasteiger partial charge in [-0.2, -0.15) is 0 Å². The smallest absolute Gasteiger partial charge is 0.249 e. The molecule has 1 aromatic heterocycles. The van der Waals surface area contributed by atoms with Crippen molar-refractivity contribution in [3.05, 3.63) is 24.3 Å². The third-order valence-electron chi connectivity index (χ3n) is 4.28. The predicted molar refractivity (Wildman–Crippen MR) is 107 cm³/mol. The fourth-order valence-corrected chi connectivity index (χ4v) is 3.23. The molecule has 2 aromatic rings. The molecule has 27 heavy (non-hydrogen) atoms. The zero-order valence-electron chi connectivity index (χ0n) is 16.1. The van der Waals surface area contributed by atoms with Crippen LogP contribution in [0, 0.1) is 5.92 Å². The van der Waals surface area contributed by atoms with E-state index in [1.807, 2.05) is 45.0 Å². The van der Waals surface area contributed by atoms with Crippen LogP contribution in [0.4, 0.5) is 5.13 Å².